The molecule has 1 aliphatic heterocycles. The average molecular weight is 452 g/mol. The number of fused-ring (bicyclic) bond motifs is 1. The Hall–Kier alpha value is -2.66. The molecule has 1 fully saturated rings. The fraction of sp³-hybridized carbons (Fsp3) is 0.407. The number of benzene rings is 2. The molecule has 1 atom stereocenters. The fourth-order valence-electron chi connectivity index (χ4n) is 3.87. The molecule has 170 valence electrons. The van der Waals surface area contributed by atoms with Gasteiger partial charge < -0.3 is 9.47 Å². The summed E-state index contributed by atoms with van der Waals surface area (Å²) in [5.74, 6) is 2.03. The first-order chi connectivity index (χ1) is 15.7. The molecule has 0 radical (unpaired) electrons. The summed E-state index contributed by atoms with van der Waals surface area (Å²) in [5, 5.41) is 0.898. The standard InChI is InChI=1S/C23H21NO3S.2C2H6/c1-15(16-5-3-2-4-6-16)20-13-24-22(28-20)12-21(25)23(9-10-23)17-7-8-18-19(11-17)27-14-26-18;2*1-2/h2-8,11,13,15H,9-10,12,14H2,1H3;2*1-2H3. The molecule has 2 heterocycles. The highest BCUT2D eigenvalue weighted by Crippen LogP contribution is 2.51. The van der Waals surface area contributed by atoms with Crippen molar-refractivity contribution in [3.05, 3.63) is 75.7 Å². The third-order valence-electron chi connectivity index (χ3n) is 5.82. The zero-order valence-corrected chi connectivity index (χ0v) is 20.5. The van der Waals surface area contributed by atoms with Gasteiger partial charge in [0, 0.05) is 17.0 Å². The van der Waals surface area contributed by atoms with Crippen LogP contribution in [-0.2, 0) is 16.6 Å². The molecular formula is C27H33NO3S. The Kier molecular flexibility index (Phi) is 8.08. The van der Waals surface area contributed by atoms with Gasteiger partial charge in [-0.05, 0) is 36.1 Å². The van der Waals surface area contributed by atoms with E-state index in [2.05, 4.69) is 36.2 Å². The van der Waals surface area contributed by atoms with E-state index < -0.39 is 0 Å². The molecular weight excluding hydrogens is 418 g/mol. The van der Waals surface area contributed by atoms with Gasteiger partial charge in [0.1, 0.15) is 10.8 Å². The Labute approximate surface area is 195 Å². The van der Waals surface area contributed by atoms with Crippen LogP contribution < -0.4 is 9.47 Å². The summed E-state index contributed by atoms with van der Waals surface area (Å²) in [5.41, 5.74) is 1.93. The second-order valence-electron chi connectivity index (χ2n) is 7.54. The van der Waals surface area contributed by atoms with Crippen molar-refractivity contribution in [3.8, 4) is 11.5 Å². The first-order valence-electron chi connectivity index (χ1n) is 11.6. The van der Waals surface area contributed by atoms with Crippen molar-refractivity contribution in [3.63, 3.8) is 0 Å². The Balaban J connectivity index is 0.000000686. The van der Waals surface area contributed by atoms with Crippen molar-refractivity contribution in [2.45, 2.75) is 65.2 Å². The summed E-state index contributed by atoms with van der Waals surface area (Å²) in [6.07, 6.45) is 4.10. The Morgan fingerprint density at radius 3 is 2.41 bits per heavy atom. The molecule has 0 amide bonds. The van der Waals surface area contributed by atoms with Crippen LogP contribution in [0.25, 0.3) is 0 Å². The molecule has 32 heavy (non-hydrogen) atoms. The van der Waals surface area contributed by atoms with Crippen molar-refractivity contribution in [1.82, 2.24) is 4.98 Å². The summed E-state index contributed by atoms with van der Waals surface area (Å²) in [6, 6.07) is 16.3. The van der Waals surface area contributed by atoms with Crippen LogP contribution in [0, 0.1) is 0 Å². The quantitative estimate of drug-likeness (QED) is 0.408. The van der Waals surface area contributed by atoms with Crippen molar-refractivity contribution < 1.29 is 14.3 Å². The van der Waals surface area contributed by atoms with E-state index in [1.165, 1.54) is 10.4 Å². The predicted octanol–water partition coefficient (Wildman–Crippen LogP) is 6.92. The molecule has 3 aromatic rings. The molecule has 1 aliphatic carbocycles. The number of ether oxygens (including phenoxy) is 2. The van der Waals surface area contributed by atoms with E-state index in [1.54, 1.807) is 11.3 Å². The van der Waals surface area contributed by atoms with E-state index in [-0.39, 0.29) is 23.9 Å². The Morgan fingerprint density at radius 1 is 1.03 bits per heavy atom. The third-order valence-corrected chi connectivity index (χ3v) is 7.00. The molecule has 0 bridgehead atoms. The lowest BCUT2D eigenvalue weighted by Crippen LogP contribution is -2.22. The zero-order chi connectivity index (χ0) is 23.1. The Bertz CT molecular complexity index is 1020. The van der Waals surface area contributed by atoms with Crippen molar-refractivity contribution in [2.24, 2.45) is 0 Å². The number of ketones is 1. The van der Waals surface area contributed by atoms with Gasteiger partial charge in [-0.2, -0.15) is 0 Å². The molecule has 5 heteroatoms. The molecule has 4 nitrogen and oxygen atoms in total. The van der Waals surface area contributed by atoms with Crippen LogP contribution in [0.3, 0.4) is 0 Å². The number of aromatic nitrogens is 1. The lowest BCUT2D eigenvalue weighted by Gasteiger charge is -2.14. The van der Waals surface area contributed by atoms with Crippen molar-refractivity contribution in [2.75, 3.05) is 6.79 Å². The number of hydrogen-bond donors (Lipinski definition) is 0. The minimum absolute atomic E-state index is 0.250. The number of carbonyl (C=O) groups excluding carboxylic acids is 1. The normalized spacial score (nSPS) is 15.5. The molecule has 1 unspecified atom stereocenters. The van der Waals surface area contributed by atoms with Gasteiger partial charge in [0.05, 0.1) is 11.8 Å². The minimum atomic E-state index is -0.377. The highest BCUT2D eigenvalue weighted by atomic mass is 32.1. The van der Waals surface area contributed by atoms with E-state index in [0.29, 0.717) is 6.42 Å². The lowest BCUT2D eigenvalue weighted by molar-refractivity contribution is -0.120. The van der Waals surface area contributed by atoms with Gasteiger partial charge >= 0.3 is 0 Å². The topological polar surface area (TPSA) is 48.4 Å². The predicted molar refractivity (Wildman–Crippen MR) is 131 cm³/mol. The molecule has 5 rings (SSSR count). The molecule has 2 aromatic carbocycles. The second kappa shape index (κ2) is 10.8. The van der Waals surface area contributed by atoms with Crippen LogP contribution in [0.5, 0.6) is 11.5 Å². The van der Waals surface area contributed by atoms with Gasteiger partial charge in [0.2, 0.25) is 6.79 Å². The van der Waals surface area contributed by atoms with Gasteiger partial charge in [-0.15, -0.1) is 11.3 Å². The molecule has 2 aliphatic rings. The van der Waals surface area contributed by atoms with Crippen LogP contribution in [0.4, 0.5) is 0 Å². The summed E-state index contributed by atoms with van der Waals surface area (Å²) in [7, 11) is 0. The smallest absolute Gasteiger partial charge is 0.231 e. The van der Waals surface area contributed by atoms with Crippen LogP contribution in [0.1, 0.15) is 74.4 Å². The van der Waals surface area contributed by atoms with Crippen LogP contribution >= 0.6 is 11.3 Å². The van der Waals surface area contributed by atoms with Gasteiger partial charge in [0.25, 0.3) is 0 Å². The van der Waals surface area contributed by atoms with Crippen LogP contribution in [-0.4, -0.2) is 17.6 Å². The maximum atomic E-state index is 13.1. The number of Topliss-reactive ketones (excluding diaryl/α,β-unsaturated/α-hetero) is 1. The molecule has 0 spiro atoms. The third kappa shape index (κ3) is 4.88. The number of rotatable bonds is 6. The number of thiazole rings is 1. The summed E-state index contributed by atoms with van der Waals surface area (Å²) >= 11 is 1.65. The number of hydrogen-bond acceptors (Lipinski definition) is 5. The van der Waals surface area contributed by atoms with E-state index in [1.807, 2.05) is 58.2 Å². The molecule has 1 aromatic heterocycles. The van der Waals surface area contributed by atoms with Crippen molar-refractivity contribution in [1.29, 1.82) is 0 Å². The van der Waals surface area contributed by atoms with Gasteiger partial charge in [-0.25, -0.2) is 4.98 Å². The van der Waals surface area contributed by atoms with Gasteiger partial charge in [0.15, 0.2) is 11.5 Å². The first-order valence-corrected chi connectivity index (χ1v) is 12.4. The van der Waals surface area contributed by atoms with Crippen molar-refractivity contribution >= 4 is 17.1 Å². The minimum Gasteiger partial charge on any atom is -0.454 e. The number of carbonyl (C=O) groups is 1. The maximum absolute atomic E-state index is 13.1. The molecule has 0 N–H and O–H groups in total. The monoisotopic (exact) mass is 451 g/mol. The van der Waals surface area contributed by atoms with Gasteiger partial charge in [-0.3, -0.25) is 4.79 Å². The molecule has 0 saturated heterocycles. The lowest BCUT2D eigenvalue weighted by atomic mass is 9.89. The largest absolute Gasteiger partial charge is 0.454 e. The summed E-state index contributed by atoms with van der Waals surface area (Å²) < 4.78 is 10.9. The SMILES string of the molecule is CC.CC.CC(c1ccccc1)c1cnc(CC(=O)C2(c3ccc4c(c3)OCO4)CC2)s1. The maximum Gasteiger partial charge on any atom is 0.231 e. The fourth-order valence-corrected chi connectivity index (χ4v) is 4.87. The van der Waals surface area contributed by atoms with E-state index in [0.717, 1.165) is 34.9 Å². The highest BCUT2D eigenvalue weighted by Gasteiger charge is 2.51. The van der Waals surface area contributed by atoms with Crippen LogP contribution in [0.15, 0.2) is 54.7 Å². The number of nitrogens with zero attached hydrogens (tertiary/aromatic N) is 1. The molecule has 1 saturated carbocycles. The average Bonchev–Trinajstić information content (AvgIpc) is 3.31. The van der Waals surface area contributed by atoms with E-state index >= 15 is 0 Å². The highest BCUT2D eigenvalue weighted by molar-refractivity contribution is 7.11. The zero-order valence-electron chi connectivity index (χ0n) is 19.7. The second-order valence-corrected chi connectivity index (χ2v) is 8.69. The summed E-state index contributed by atoms with van der Waals surface area (Å²) in [6.45, 7) is 10.4. The van der Waals surface area contributed by atoms with Crippen LogP contribution in [0.2, 0.25) is 0 Å². The summed E-state index contributed by atoms with van der Waals surface area (Å²) in [4.78, 5) is 18.9. The van der Waals surface area contributed by atoms with E-state index in [4.69, 9.17) is 9.47 Å². The van der Waals surface area contributed by atoms with E-state index in [9.17, 15) is 4.79 Å². The first kappa shape index (κ1) is 24.0. The Morgan fingerprint density at radius 2 is 1.72 bits per heavy atom. The van der Waals surface area contributed by atoms with Gasteiger partial charge in [-0.1, -0.05) is 71.0 Å².